The van der Waals surface area contributed by atoms with Crippen LogP contribution in [-0.2, 0) is 0 Å². The summed E-state index contributed by atoms with van der Waals surface area (Å²) >= 11 is 0. The van der Waals surface area contributed by atoms with E-state index in [-0.39, 0.29) is 5.75 Å². The summed E-state index contributed by atoms with van der Waals surface area (Å²) in [6.45, 7) is 2.75. The molecule has 1 atom stereocenters. The molecule has 1 unspecified atom stereocenters. The van der Waals surface area contributed by atoms with E-state index in [0.29, 0.717) is 18.2 Å². The highest BCUT2D eigenvalue weighted by Gasteiger charge is 2.07. The summed E-state index contributed by atoms with van der Waals surface area (Å²) in [5.41, 5.74) is 6.57. The Bertz CT molecular complexity index is 299. The van der Waals surface area contributed by atoms with Crippen LogP contribution in [0.1, 0.15) is 24.8 Å². The highest BCUT2D eigenvalue weighted by Crippen LogP contribution is 2.30. The maximum absolute atomic E-state index is 9.55. The molecule has 0 aliphatic heterocycles. The van der Waals surface area contributed by atoms with Crippen molar-refractivity contribution in [2.45, 2.75) is 19.3 Å². The smallest absolute Gasteiger partial charge is 0.160 e. The predicted octanol–water partition coefficient (Wildman–Crippen LogP) is 1.85. The number of hydrogen-bond acceptors (Lipinski definition) is 3. The molecule has 0 aliphatic carbocycles. The Hall–Kier alpha value is -1.22. The lowest BCUT2D eigenvalue weighted by Gasteiger charge is -2.12. The number of benzene rings is 1. The molecule has 0 aromatic heterocycles. The number of methoxy groups -OCH3 is 1. The molecule has 3 heteroatoms. The van der Waals surface area contributed by atoms with Gasteiger partial charge < -0.3 is 15.6 Å². The van der Waals surface area contributed by atoms with Crippen molar-refractivity contribution >= 4 is 0 Å². The summed E-state index contributed by atoms with van der Waals surface area (Å²) in [7, 11) is 1.54. The topological polar surface area (TPSA) is 55.5 Å². The Morgan fingerprint density at radius 1 is 1.50 bits per heavy atom. The highest BCUT2D eigenvalue weighted by atomic mass is 16.5. The number of phenols is 1. The molecule has 0 aliphatic rings. The summed E-state index contributed by atoms with van der Waals surface area (Å²) in [6, 6.07) is 5.47. The molecule has 0 heterocycles. The summed E-state index contributed by atoms with van der Waals surface area (Å²) < 4.78 is 4.96. The van der Waals surface area contributed by atoms with E-state index >= 15 is 0 Å². The van der Waals surface area contributed by atoms with E-state index in [1.807, 2.05) is 6.07 Å². The van der Waals surface area contributed by atoms with Gasteiger partial charge in [0.05, 0.1) is 7.11 Å². The van der Waals surface area contributed by atoms with E-state index in [1.165, 1.54) is 7.11 Å². The first-order valence-electron chi connectivity index (χ1n) is 4.76. The van der Waals surface area contributed by atoms with Crippen LogP contribution in [0.3, 0.4) is 0 Å². The fourth-order valence-electron chi connectivity index (χ4n) is 1.43. The second-order valence-corrected chi connectivity index (χ2v) is 3.41. The molecule has 0 saturated heterocycles. The minimum Gasteiger partial charge on any atom is -0.504 e. The Kier molecular flexibility index (Phi) is 3.77. The van der Waals surface area contributed by atoms with Crippen LogP contribution in [0.25, 0.3) is 0 Å². The number of nitrogens with two attached hydrogens (primary N) is 1. The van der Waals surface area contributed by atoms with Crippen LogP contribution < -0.4 is 10.5 Å². The molecule has 0 spiro atoms. The lowest BCUT2D eigenvalue weighted by Crippen LogP contribution is -2.04. The summed E-state index contributed by atoms with van der Waals surface area (Å²) in [6.07, 6.45) is 0.922. The second kappa shape index (κ2) is 4.86. The van der Waals surface area contributed by atoms with Gasteiger partial charge in [0.1, 0.15) is 0 Å². The maximum Gasteiger partial charge on any atom is 0.160 e. The summed E-state index contributed by atoms with van der Waals surface area (Å²) in [4.78, 5) is 0. The molecule has 14 heavy (non-hydrogen) atoms. The minimum absolute atomic E-state index is 0.189. The molecule has 1 aromatic carbocycles. The molecular formula is C11H17NO2. The number of ether oxygens (including phenoxy) is 1. The molecule has 0 radical (unpaired) electrons. The van der Waals surface area contributed by atoms with Gasteiger partial charge in [0.15, 0.2) is 11.5 Å². The lowest BCUT2D eigenvalue weighted by molar-refractivity contribution is 0.372. The number of aromatic hydroxyl groups is 1. The third kappa shape index (κ3) is 2.39. The Balaban J connectivity index is 2.85. The van der Waals surface area contributed by atoms with Crippen LogP contribution in [0.5, 0.6) is 11.5 Å². The zero-order valence-corrected chi connectivity index (χ0v) is 8.66. The van der Waals surface area contributed by atoms with Crippen molar-refractivity contribution in [1.82, 2.24) is 0 Å². The first-order valence-corrected chi connectivity index (χ1v) is 4.76. The van der Waals surface area contributed by atoms with Gasteiger partial charge in [-0.3, -0.25) is 0 Å². The molecule has 0 amide bonds. The van der Waals surface area contributed by atoms with Gasteiger partial charge in [-0.2, -0.15) is 0 Å². The van der Waals surface area contributed by atoms with Gasteiger partial charge in [0, 0.05) is 0 Å². The molecule has 0 bridgehead atoms. The molecule has 1 aromatic rings. The third-order valence-corrected chi connectivity index (χ3v) is 2.37. The Labute approximate surface area is 84.5 Å². The predicted molar refractivity (Wildman–Crippen MR) is 56.7 cm³/mol. The average molecular weight is 195 g/mol. The van der Waals surface area contributed by atoms with Crippen molar-refractivity contribution in [3.8, 4) is 11.5 Å². The quantitative estimate of drug-likeness (QED) is 0.771. The Morgan fingerprint density at radius 3 is 2.71 bits per heavy atom. The van der Waals surface area contributed by atoms with Gasteiger partial charge in [-0.25, -0.2) is 0 Å². The van der Waals surface area contributed by atoms with Crippen LogP contribution in [0.2, 0.25) is 0 Å². The zero-order chi connectivity index (χ0) is 10.6. The van der Waals surface area contributed by atoms with Gasteiger partial charge in [-0.1, -0.05) is 13.0 Å². The molecule has 3 nitrogen and oxygen atoms in total. The first-order chi connectivity index (χ1) is 6.69. The van der Waals surface area contributed by atoms with Crippen molar-refractivity contribution in [2.75, 3.05) is 13.7 Å². The van der Waals surface area contributed by atoms with Crippen molar-refractivity contribution in [3.63, 3.8) is 0 Å². The van der Waals surface area contributed by atoms with Crippen molar-refractivity contribution in [2.24, 2.45) is 5.73 Å². The van der Waals surface area contributed by atoms with E-state index in [4.69, 9.17) is 10.5 Å². The minimum atomic E-state index is 0.189. The number of hydrogen-bond donors (Lipinski definition) is 2. The van der Waals surface area contributed by atoms with E-state index < -0.39 is 0 Å². The zero-order valence-electron chi connectivity index (χ0n) is 8.66. The summed E-state index contributed by atoms with van der Waals surface area (Å²) in [5, 5.41) is 9.55. The van der Waals surface area contributed by atoms with E-state index in [1.54, 1.807) is 12.1 Å². The van der Waals surface area contributed by atoms with Crippen LogP contribution >= 0.6 is 0 Å². The van der Waals surface area contributed by atoms with Gasteiger partial charge in [0.25, 0.3) is 0 Å². The van der Waals surface area contributed by atoms with Gasteiger partial charge in [-0.15, -0.1) is 0 Å². The second-order valence-electron chi connectivity index (χ2n) is 3.41. The Morgan fingerprint density at radius 2 is 2.21 bits per heavy atom. The highest BCUT2D eigenvalue weighted by molar-refractivity contribution is 5.42. The van der Waals surface area contributed by atoms with Gasteiger partial charge in [-0.05, 0) is 36.6 Å². The van der Waals surface area contributed by atoms with E-state index in [2.05, 4.69) is 6.92 Å². The monoisotopic (exact) mass is 195 g/mol. The van der Waals surface area contributed by atoms with Crippen molar-refractivity contribution < 1.29 is 9.84 Å². The molecule has 78 valence electrons. The molecule has 1 rings (SSSR count). The lowest BCUT2D eigenvalue weighted by atomic mass is 9.97. The SMILES string of the molecule is COc1ccc(C(C)CCN)cc1O. The fourth-order valence-corrected chi connectivity index (χ4v) is 1.43. The van der Waals surface area contributed by atoms with Gasteiger partial charge >= 0.3 is 0 Å². The van der Waals surface area contributed by atoms with Gasteiger partial charge in [0.2, 0.25) is 0 Å². The number of phenolic OH excluding ortho intramolecular Hbond substituents is 1. The molecule has 0 saturated carbocycles. The molecular weight excluding hydrogens is 178 g/mol. The fraction of sp³-hybridized carbons (Fsp3) is 0.455. The standard InChI is InChI=1S/C11H17NO2/c1-8(5-6-12)9-3-4-11(14-2)10(13)7-9/h3-4,7-8,13H,5-6,12H2,1-2H3. The maximum atomic E-state index is 9.55. The third-order valence-electron chi connectivity index (χ3n) is 2.37. The van der Waals surface area contributed by atoms with Crippen LogP contribution in [0.4, 0.5) is 0 Å². The van der Waals surface area contributed by atoms with Crippen LogP contribution in [-0.4, -0.2) is 18.8 Å². The molecule has 3 N–H and O–H groups in total. The summed E-state index contributed by atoms with van der Waals surface area (Å²) in [5.74, 6) is 1.07. The largest absolute Gasteiger partial charge is 0.504 e. The van der Waals surface area contributed by atoms with E-state index in [9.17, 15) is 5.11 Å². The van der Waals surface area contributed by atoms with E-state index in [0.717, 1.165) is 12.0 Å². The number of rotatable bonds is 4. The van der Waals surface area contributed by atoms with Crippen molar-refractivity contribution in [1.29, 1.82) is 0 Å². The van der Waals surface area contributed by atoms with Crippen molar-refractivity contribution in [3.05, 3.63) is 23.8 Å². The average Bonchev–Trinajstić information content (AvgIpc) is 2.18. The van der Waals surface area contributed by atoms with Crippen LogP contribution in [0.15, 0.2) is 18.2 Å². The molecule has 0 fully saturated rings. The first kappa shape index (κ1) is 10.9. The van der Waals surface area contributed by atoms with Crippen LogP contribution in [0, 0.1) is 0 Å². The normalized spacial score (nSPS) is 12.5.